The van der Waals surface area contributed by atoms with E-state index >= 15 is 0 Å². The lowest BCUT2D eigenvalue weighted by atomic mass is 10.2. The second-order valence-corrected chi connectivity index (χ2v) is 3.99. The molecule has 7 heteroatoms. The Kier molecular flexibility index (Phi) is 1.96. The number of rotatable bonds is 0. The standard InChI is InChI=1S/C10H7N5OS/c11-4-1-2-5-6(3-4)13-8-7(12-5)9(17)15-10(16)14-8/h1-3H,11H2,(H2,13,14,15,16,17). The fraction of sp³-hybridized carbons (Fsp3) is 0. The van der Waals surface area contributed by atoms with E-state index in [0.717, 1.165) is 0 Å². The van der Waals surface area contributed by atoms with E-state index in [1.54, 1.807) is 18.2 Å². The Morgan fingerprint density at radius 3 is 2.82 bits per heavy atom. The van der Waals surface area contributed by atoms with Crippen LogP contribution in [-0.4, -0.2) is 19.9 Å². The molecule has 2 heterocycles. The van der Waals surface area contributed by atoms with Crippen molar-refractivity contribution < 1.29 is 0 Å². The van der Waals surface area contributed by atoms with Gasteiger partial charge in [0.05, 0.1) is 11.0 Å². The summed E-state index contributed by atoms with van der Waals surface area (Å²) in [5.41, 5.74) is 7.98. The quantitative estimate of drug-likeness (QED) is 0.313. The maximum atomic E-state index is 11.2. The summed E-state index contributed by atoms with van der Waals surface area (Å²) in [5, 5.41) is 0. The lowest BCUT2D eigenvalue weighted by Crippen LogP contribution is -2.11. The number of hydrogen-bond acceptors (Lipinski definition) is 5. The van der Waals surface area contributed by atoms with Crippen molar-refractivity contribution in [2.24, 2.45) is 0 Å². The van der Waals surface area contributed by atoms with Crippen LogP contribution in [0.4, 0.5) is 5.69 Å². The van der Waals surface area contributed by atoms with Gasteiger partial charge in [0, 0.05) is 5.69 Å². The molecule has 84 valence electrons. The molecule has 0 fully saturated rings. The van der Waals surface area contributed by atoms with Crippen molar-refractivity contribution in [2.45, 2.75) is 0 Å². The van der Waals surface area contributed by atoms with Gasteiger partial charge in [-0.05, 0) is 18.2 Å². The summed E-state index contributed by atoms with van der Waals surface area (Å²) in [7, 11) is 0. The van der Waals surface area contributed by atoms with E-state index < -0.39 is 5.69 Å². The lowest BCUT2D eigenvalue weighted by molar-refractivity contribution is 1.08. The highest BCUT2D eigenvalue weighted by Crippen LogP contribution is 2.16. The van der Waals surface area contributed by atoms with Crippen LogP contribution in [0, 0.1) is 4.64 Å². The number of aromatic amines is 2. The minimum absolute atomic E-state index is 0.273. The Hall–Kier alpha value is -2.28. The number of hydrogen-bond donors (Lipinski definition) is 3. The van der Waals surface area contributed by atoms with Crippen LogP contribution in [0.1, 0.15) is 0 Å². The predicted octanol–water partition coefficient (Wildman–Crippen LogP) is 1.11. The number of anilines is 1. The zero-order chi connectivity index (χ0) is 12.0. The molecule has 0 radical (unpaired) electrons. The molecule has 0 atom stereocenters. The highest BCUT2D eigenvalue weighted by Gasteiger charge is 2.04. The van der Waals surface area contributed by atoms with E-state index in [4.69, 9.17) is 18.0 Å². The van der Waals surface area contributed by atoms with Crippen molar-refractivity contribution in [1.29, 1.82) is 0 Å². The van der Waals surface area contributed by atoms with E-state index in [1.165, 1.54) is 0 Å². The Bertz CT molecular complexity index is 851. The molecule has 17 heavy (non-hydrogen) atoms. The minimum atomic E-state index is -0.403. The van der Waals surface area contributed by atoms with E-state index in [9.17, 15) is 4.79 Å². The molecule has 0 unspecified atom stereocenters. The summed E-state index contributed by atoms with van der Waals surface area (Å²) in [6.07, 6.45) is 0. The zero-order valence-electron chi connectivity index (χ0n) is 8.52. The van der Waals surface area contributed by atoms with Crippen LogP contribution in [0.2, 0.25) is 0 Å². The van der Waals surface area contributed by atoms with Crippen molar-refractivity contribution in [2.75, 3.05) is 5.73 Å². The number of nitrogens with two attached hydrogens (primary N) is 1. The third-order valence-corrected chi connectivity index (χ3v) is 2.66. The maximum Gasteiger partial charge on any atom is 0.325 e. The van der Waals surface area contributed by atoms with Gasteiger partial charge in [-0.15, -0.1) is 0 Å². The highest BCUT2D eigenvalue weighted by molar-refractivity contribution is 7.71. The number of fused-ring (bicyclic) bond motifs is 2. The van der Waals surface area contributed by atoms with E-state index in [2.05, 4.69) is 19.9 Å². The van der Waals surface area contributed by atoms with E-state index in [-0.39, 0.29) is 4.64 Å². The topological polar surface area (TPSA) is 100 Å². The van der Waals surface area contributed by atoms with Crippen molar-refractivity contribution >= 4 is 40.1 Å². The Labute approximate surface area is 99.5 Å². The first-order valence-electron chi connectivity index (χ1n) is 4.83. The number of nitrogen functional groups attached to an aromatic ring is 1. The van der Waals surface area contributed by atoms with Crippen LogP contribution in [0.15, 0.2) is 23.0 Å². The monoisotopic (exact) mass is 245 g/mol. The van der Waals surface area contributed by atoms with E-state index in [1.807, 2.05) is 0 Å². The van der Waals surface area contributed by atoms with Gasteiger partial charge in [-0.3, -0.25) is 9.97 Å². The first kappa shape index (κ1) is 9.91. The predicted molar refractivity (Wildman–Crippen MR) is 67.3 cm³/mol. The van der Waals surface area contributed by atoms with Crippen molar-refractivity contribution in [3.05, 3.63) is 33.3 Å². The summed E-state index contributed by atoms with van der Waals surface area (Å²) in [5.74, 6) is 0. The second kappa shape index (κ2) is 3.36. The average molecular weight is 245 g/mol. The minimum Gasteiger partial charge on any atom is -0.399 e. The van der Waals surface area contributed by atoms with Crippen molar-refractivity contribution in [1.82, 2.24) is 19.9 Å². The third kappa shape index (κ3) is 1.56. The first-order chi connectivity index (χ1) is 8.13. The van der Waals surface area contributed by atoms with Gasteiger partial charge in [0.1, 0.15) is 10.2 Å². The van der Waals surface area contributed by atoms with Gasteiger partial charge in [-0.25, -0.2) is 14.8 Å². The summed E-state index contributed by atoms with van der Waals surface area (Å²) >= 11 is 5.03. The average Bonchev–Trinajstić information content (AvgIpc) is 2.26. The van der Waals surface area contributed by atoms with Crippen LogP contribution < -0.4 is 11.4 Å². The number of nitrogens with zero attached hydrogens (tertiary/aromatic N) is 2. The van der Waals surface area contributed by atoms with Crippen molar-refractivity contribution in [3.8, 4) is 0 Å². The fourth-order valence-corrected chi connectivity index (χ4v) is 1.85. The molecule has 2 aromatic heterocycles. The van der Waals surface area contributed by atoms with Crippen LogP contribution in [-0.2, 0) is 0 Å². The molecule has 0 aliphatic carbocycles. The van der Waals surface area contributed by atoms with Gasteiger partial charge in [0.2, 0.25) is 0 Å². The molecule has 3 aromatic rings. The second-order valence-electron chi connectivity index (χ2n) is 3.58. The molecule has 3 rings (SSSR count). The molecule has 6 nitrogen and oxygen atoms in total. The first-order valence-corrected chi connectivity index (χ1v) is 5.24. The number of H-pyrrole nitrogens is 2. The molecule has 0 saturated heterocycles. The van der Waals surface area contributed by atoms with Gasteiger partial charge < -0.3 is 5.73 Å². The molecule has 4 N–H and O–H groups in total. The normalized spacial score (nSPS) is 11.1. The highest BCUT2D eigenvalue weighted by atomic mass is 32.1. The summed E-state index contributed by atoms with van der Waals surface area (Å²) < 4.78 is 0.273. The molecule has 0 amide bonds. The van der Waals surface area contributed by atoms with Crippen molar-refractivity contribution in [3.63, 3.8) is 0 Å². The summed E-state index contributed by atoms with van der Waals surface area (Å²) in [6.45, 7) is 0. The molecule has 1 aromatic carbocycles. The summed E-state index contributed by atoms with van der Waals surface area (Å²) in [4.78, 5) is 24.9. The zero-order valence-corrected chi connectivity index (χ0v) is 9.34. The van der Waals surface area contributed by atoms with Crippen LogP contribution in [0.25, 0.3) is 22.2 Å². The van der Waals surface area contributed by atoms with Gasteiger partial charge in [-0.2, -0.15) is 0 Å². The lowest BCUT2D eigenvalue weighted by Gasteiger charge is -2.01. The summed E-state index contributed by atoms with van der Waals surface area (Å²) in [6, 6.07) is 5.19. The number of nitrogens with one attached hydrogen (secondary N) is 2. The van der Waals surface area contributed by atoms with Crippen LogP contribution >= 0.6 is 12.2 Å². The molecule has 0 aliphatic heterocycles. The SMILES string of the molecule is Nc1ccc2nc3c(=S)[nH]c(=O)[nH]c3nc2c1. The maximum absolute atomic E-state index is 11.2. The largest absolute Gasteiger partial charge is 0.399 e. The van der Waals surface area contributed by atoms with Gasteiger partial charge >= 0.3 is 5.69 Å². The Balaban J connectivity index is 2.56. The molecule has 0 saturated carbocycles. The molecule has 0 bridgehead atoms. The van der Waals surface area contributed by atoms with E-state index in [0.29, 0.717) is 27.9 Å². The van der Waals surface area contributed by atoms with Crippen LogP contribution in [0.5, 0.6) is 0 Å². The number of benzene rings is 1. The van der Waals surface area contributed by atoms with Crippen LogP contribution in [0.3, 0.4) is 0 Å². The third-order valence-electron chi connectivity index (χ3n) is 2.36. The smallest absolute Gasteiger partial charge is 0.325 e. The molecule has 0 spiro atoms. The fourth-order valence-electron chi connectivity index (χ4n) is 1.62. The molecular formula is C10H7N5OS. The molecule has 0 aliphatic rings. The molecular weight excluding hydrogens is 238 g/mol. The Morgan fingerprint density at radius 1 is 1.18 bits per heavy atom. The van der Waals surface area contributed by atoms with Gasteiger partial charge in [-0.1, -0.05) is 12.2 Å². The van der Waals surface area contributed by atoms with Gasteiger partial charge in [0.15, 0.2) is 5.65 Å². The Morgan fingerprint density at radius 2 is 2.00 bits per heavy atom. The van der Waals surface area contributed by atoms with Gasteiger partial charge in [0.25, 0.3) is 0 Å². The number of aromatic nitrogens is 4.